The smallest absolute Gasteiger partial charge is 0.375 e. The summed E-state index contributed by atoms with van der Waals surface area (Å²) in [5, 5.41) is -0.119. The molecule has 0 bridgehead atoms. The Balaban J connectivity index is 3.01. The second kappa shape index (κ2) is 4.22. The zero-order valence-electron chi connectivity index (χ0n) is 6.57. The van der Waals surface area contributed by atoms with Crippen LogP contribution in [0, 0.1) is 0 Å². The highest BCUT2D eigenvalue weighted by molar-refractivity contribution is 6.48. The minimum atomic E-state index is -0.679. The second-order valence-electron chi connectivity index (χ2n) is 2.05. The lowest BCUT2D eigenvalue weighted by Crippen LogP contribution is -2.03. The van der Waals surface area contributed by atoms with E-state index in [4.69, 9.17) is 39.2 Å². The first-order chi connectivity index (χ1) is 6.07. The Hall–Kier alpha value is -0.380. The van der Waals surface area contributed by atoms with E-state index in [1.807, 2.05) is 0 Å². The minimum absolute atomic E-state index is 0.0198. The lowest BCUT2D eigenvalue weighted by molar-refractivity contribution is 0.0490. The number of hydrogen-bond acceptors (Lipinski definition) is 3. The molecule has 0 aliphatic carbocycles. The highest BCUT2D eigenvalue weighted by Crippen LogP contribution is 2.35. The summed E-state index contributed by atoms with van der Waals surface area (Å²) in [7, 11) is 0. The van der Waals surface area contributed by atoms with Crippen LogP contribution < -0.4 is 0 Å². The highest BCUT2D eigenvalue weighted by atomic mass is 35.5. The first kappa shape index (κ1) is 10.7. The molecule has 0 amide bonds. The number of halogens is 3. The van der Waals surface area contributed by atoms with Gasteiger partial charge >= 0.3 is 5.97 Å². The molecule has 0 spiro atoms. The average Bonchev–Trinajstić information content (AvgIpc) is 2.33. The fraction of sp³-hybridized carbons (Fsp3) is 0.286. The highest BCUT2D eigenvalue weighted by Gasteiger charge is 2.22. The van der Waals surface area contributed by atoms with Crippen molar-refractivity contribution in [3.8, 4) is 0 Å². The normalized spacial score (nSPS) is 10.2. The molecule has 1 aromatic rings. The molecular weight excluding hydrogens is 238 g/mol. The molecule has 6 heteroatoms. The van der Waals surface area contributed by atoms with E-state index < -0.39 is 5.97 Å². The predicted octanol–water partition coefficient (Wildman–Crippen LogP) is 3.42. The maximum Gasteiger partial charge on any atom is 0.375 e. The summed E-state index contributed by atoms with van der Waals surface area (Å²) in [6, 6.07) is 0. The van der Waals surface area contributed by atoms with E-state index >= 15 is 0 Å². The fourth-order valence-electron chi connectivity index (χ4n) is 0.693. The summed E-state index contributed by atoms with van der Waals surface area (Å²) < 4.78 is 9.43. The summed E-state index contributed by atoms with van der Waals surface area (Å²) in [5.74, 6) is -0.847. The molecule has 3 nitrogen and oxygen atoms in total. The van der Waals surface area contributed by atoms with Crippen LogP contribution in [0.5, 0.6) is 0 Å². The molecule has 0 unspecified atom stereocenters. The molecule has 1 rings (SSSR count). The Kier molecular flexibility index (Phi) is 3.47. The molecule has 0 fully saturated rings. The van der Waals surface area contributed by atoms with Crippen LogP contribution in [0.4, 0.5) is 0 Å². The van der Waals surface area contributed by atoms with Crippen molar-refractivity contribution in [3.63, 3.8) is 0 Å². The van der Waals surface area contributed by atoms with Crippen molar-refractivity contribution in [1.29, 1.82) is 0 Å². The van der Waals surface area contributed by atoms with Gasteiger partial charge in [0.25, 0.3) is 0 Å². The van der Waals surface area contributed by atoms with Crippen molar-refractivity contribution >= 4 is 40.8 Å². The Morgan fingerprint density at radius 1 is 1.38 bits per heavy atom. The van der Waals surface area contributed by atoms with Crippen LogP contribution in [0.15, 0.2) is 4.42 Å². The quantitative estimate of drug-likeness (QED) is 0.747. The monoisotopic (exact) mass is 242 g/mol. The first-order valence-corrected chi connectivity index (χ1v) is 4.51. The van der Waals surface area contributed by atoms with Crippen LogP contribution in [0.25, 0.3) is 0 Å². The first-order valence-electron chi connectivity index (χ1n) is 3.38. The van der Waals surface area contributed by atoms with Gasteiger partial charge in [0.05, 0.1) is 6.61 Å². The topological polar surface area (TPSA) is 39.4 Å². The molecule has 0 aromatic carbocycles. The molecule has 0 aliphatic rings. The van der Waals surface area contributed by atoms with Crippen molar-refractivity contribution in [3.05, 3.63) is 21.0 Å². The number of rotatable bonds is 2. The van der Waals surface area contributed by atoms with E-state index in [1.165, 1.54) is 0 Å². The van der Waals surface area contributed by atoms with Crippen LogP contribution >= 0.6 is 34.8 Å². The molecule has 0 aliphatic heterocycles. The maximum atomic E-state index is 11.1. The molecule has 1 aromatic heterocycles. The van der Waals surface area contributed by atoms with Crippen molar-refractivity contribution in [2.45, 2.75) is 6.92 Å². The molecule has 0 saturated heterocycles. The van der Waals surface area contributed by atoms with Gasteiger partial charge in [0, 0.05) is 0 Å². The molecule has 0 saturated carbocycles. The standard InChI is InChI=1S/C7H5Cl3O3/c1-2-12-7(11)5-3(8)4(9)6(10)13-5/h2H2,1H3. The van der Waals surface area contributed by atoms with Gasteiger partial charge in [-0.2, -0.15) is 0 Å². The van der Waals surface area contributed by atoms with Crippen LogP contribution in [0.2, 0.25) is 15.3 Å². The van der Waals surface area contributed by atoms with E-state index in [-0.39, 0.29) is 27.6 Å². The van der Waals surface area contributed by atoms with E-state index in [9.17, 15) is 4.79 Å². The van der Waals surface area contributed by atoms with E-state index in [0.717, 1.165) is 0 Å². The van der Waals surface area contributed by atoms with Gasteiger partial charge in [0.1, 0.15) is 10.0 Å². The number of esters is 1. The second-order valence-corrected chi connectivity index (χ2v) is 3.15. The van der Waals surface area contributed by atoms with Crippen molar-refractivity contribution in [1.82, 2.24) is 0 Å². The molecule has 0 N–H and O–H groups in total. The van der Waals surface area contributed by atoms with Gasteiger partial charge in [-0.15, -0.1) is 0 Å². The lowest BCUT2D eigenvalue weighted by atomic mass is 10.4. The Bertz CT molecular complexity index is 332. The van der Waals surface area contributed by atoms with E-state index in [2.05, 4.69) is 4.74 Å². The largest absolute Gasteiger partial charge is 0.460 e. The lowest BCUT2D eigenvalue weighted by Gasteiger charge is -1.96. The predicted molar refractivity (Wildman–Crippen MR) is 49.7 cm³/mol. The fourth-order valence-corrected chi connectivity index (χ4v) is 1.24. The maximum absolute atomic E-state index is 11.1. The van der Waals surface area contributed by atoms with Gasteiger partial charge in [0.15, 0.2) is 0 Å². The van der Waals surface area contributed by atoms with Crippen LogP contribution in [0.3, 0.4) is 0 Å². The van der Waals surface area contributed by atoms with Gasteiger partial charge < -0.3 is 9.15 Å². The molecule has 72 valence electrons. The zero-order chi connectivity index (χ0) is 10.0. The summed E-state index contributed by atoms with van der Waals surface area (Å²) in [6.45, 7) is 1.89. The van der Waals surface area contributed by atoms with Gasteiger partial charge in [-0.3, -0.25) is 0 Å². The molecule has 1 heterocycles. The minimum Gasteiger partial charge on any atom is -0.460 e. The molecule has 13 heavy (non-hydrogen) atoms. The number of hydrogen-bond donors (Lipinski definition) is 0. The Morgan fingerprint density at radius 3 is 2.38 bits per heavy atom. The van der Waals surface area contributed by atoms with Gasteiger partial charge in [-0.25, -0.2) is 4.79 Å². The summed E-state index contributed by atoms with van der Waals surface area (Å²) in [5.41, 5.74) is 0. The van der Waals surface area contributed by atoms with Gasteiger partial charge in [-0.1, -0.05) is 23.2 Å². The molecular formula is C7H5Cl3O3. The van der Waals surface area contributed by atoms with Gasteiger partial charge in [0.2, 0.25) is 11.0 Å². The third-order valence-corrected chi connectivity index (χ3v) is 2.40. The zero-order valence-corrected chi connectivity index (χ0v) is 8.83. The molecule has 0 atom stereocenters. The van der Waals surface area contributed by atoms with E-state index in [1.54, 1.807) is 6.92 Å². The summed E-state index contributed by atoms with van der Waals surface area (Å²) in [4.78, 5) is 11.1. The number of ether oxygens (including phenoxy) is 1. The third kappa shape index (κ3) is 2.10. The molecule has 0 radical (unpaired) electrons. The average molecular weight is 243 g/mol. The van der Waals surface area contributed by atoms with Crippen molar-refractivity contribution < 1.29 is 13.9 Å². The van der Waals surface area contributed by atoms with E-state index in [0.29, 0.717) is 0 Å². The van der Waals surface area contributed by atoms with Crippen molar-refractivity contribution in [2.75, 3.05) is 6.61 Å². The summed E-state index contributed by atoms with van der Waals surface area (Å²) in [6.07, 6.45) is 0. The third-order valence-electron chi connectivity index (χ3n) is 1.22. The number of carbonyl (C=O) groups is 1. The Morgan fingerprint density at radius 2 is 2.00 bits per heavy atom. The van der Waals surface area contributed by atoms with Gasteiger partial charge in [-0.05, 0) is 18.5 Å². The summed E-state index contributed by atoms with van der Waals surface area (Å²) >= 11 is 16.7. The SMILES string of the molecule is CCOC(=O)c1oc(Cl)c(Cl)c1Cl. The Labute approximate surface area is 89.5 Å². The van der Waals surface area contributed by atoms with Crippen LogP contribution in [-0.2, 0) is 4.74 Å². The van der Waals surface area contributed by atoms with Crippen LogP contribution in [0.1, 0.15) is 17.5 Å². The number of carbonyl (C=O) groups excluding carboxylic acids is 1. The van der Waals surface area contributed by atoms with Crippen LogP contribution in [-0.4, -0.2) is 12.6 Å². The number of furan rings is 1. The van der Waals surface area contributed by atoms with Crippen molar-refractivity contribution in [2.24, 2.45) is 0 Å².